The third kappa shape index (κ3) is 6.76. The highest BCUT2D eigenvalue weighted by Crippen LogP contribution is 2.46. The largest absolute Gasteiger partial charge is 0.488 e. The Morgan fingerprint density at radius 3 is 1.84 bits per heavy atom. The van der Waals surface area contributed by atoms with E-state index in [1.54, 1.807) is 0 Å². The Hall–Kier alpha value is -7.42. The predicted octanol–water partition coefficient (Wildman–Crippen LogP) is 15.1. The number of allylic oxidation sites excluding steroid dienone is 1. The van der Waals surface area contributed by atoms with Crippen LogP contribution in [0.3, 0.4) is 0 Å². The number of rotatable bonds is 5. The maximum Gasteiger partial charge on any atom is 0.135 e. The van der Waals surface area contributed by atoms with Crippen LogP contribution in [0.15, 0.2) is 218 Å². The molecule has 0 bridgehead atoms. The monoisotopic (exact) mass is 743 g/mol. The summed E-state index contributed by atoms with van der Waals surface area (Å²) in [4.78, 5) is 2.36. The lowest BCUT2D eigenvalue weighted by Gasteiger charge is -2.27. The third-order valence-electron chi connectivity index (χ3n) is 11.2. The highest BCUT2D eigenvalue weighted by atomic mass is 16.5. The van der Waals surface area contributed by atoms with Gasteiger partial charge in [-0.3, -0.25) is 0 Å². The molecule has 0 spiro atoms. The van der Waals surface area contributed by atoms with Crippen LogP contribution < -0.4 is 9.64 Å². The second-order valence-corrected chi connectivity index (χ2v) is 14.8. The average Bonchev–Trinajstić information content (AvgIpc) is 3.30. The van der Waals surface area contributed by atoms with E-state index in [0.717, 1.165) is 62.3 Å². The minimum Gasteiger partial charge on any atom is -0.488 e. The summed E-state index contributed by atoms with van der Waals surface area (Å²) < 4.78 is 6.92. The van der Waals surface area contributed by atoms with Crippen LogP contribution in [0.25, 0.3) is 61.4 Å². The molecule has 9 aromatic rings. The zero-order valence-electron chi connectivity index (χ0n) is 32.1. The number of nitrogens with zero attached hydrogens (tertiary/aromatic N) is 1. The smallest absolute Gasteiger partial charge is 0.135 e. The van der Waals surface area contributed by atoms with Gasteiger partial charge >= 0.3 is 0 Å². The van der Waals surface area contributed by atoms with Crippen LogP contribution in [0.2, 0.25) is 0 Å². The summed E-state index contributed by atoms with van der Waals surface area (Å²) in [5, 5.41) is 2.27. The second-order valence-electron chi connectivity index (χ2n) is 14.8. The number of hydrogen-bond donors (Lipinski definition) is 0. The molecule has 0 fully saturated rings. The minimum atomic E-state index is 0.473. The van der Waals surface area contributed by atoms with Crippen LogP contribution in [0.4, 0.5) is 17.1 Å². The van der Waals surface area contributed by atoms with Gasteiger partial charge in [0.25, 0.3) is 0 Å². The van der Waals surface area contributed by atoms with Gasteiger partial charge in [0.2, 0.25) is 0 Å². The lowest BCUT2D eigenvalue weighted by molar-refractivity contribution is 0.311. The molecule has 276 valence electrons. The molecule has 0 atom stereocenters. The minimum absolute atomic E-state index is 0.473. The van der Waals surface area contributed by atoms with Crippen LogP contribution in [0.1, 0.15) is 16.7 Å². The summed E-state index contributed by atoms with van der Waals surface area (Å²) in [6.07, 6.45) is 5.34. The van der Waals surface area contributed by atoms with Crippen molar-refractivity contribution < 1.29 is 4.74 Å². The van der Waals surface area contributed by atoms with Gasteiger partial charge in [-0.05, 0) is 110 Å². The zero-order valence-corrected chi connectivity index (χ0v) is 32.1. The molecule has 1 aliphatic heterocycles. The Bertz CT molecular complexity index is 2930. The predicted molar refractivity (Wildman–Crippen MR) is 244 cm³/mol. The number of ether oxygens (including phenoxy) is 1. The molecule has 0 radical (unpaired) electrons. The zero-order chi connectivity index (χ0) is 38.7. The molecule has 2 nitrogen and oxygen atoms in total. The van der Waals surface area contributed by atoms with E-state index >= 15 is 0 Å². The van der Waals surface area contributed by atoms with E-state index in [2.05, 4.69) is 229 Å². The van der Waals surface area contributed by atoms with Gasteiger partial charge in [0.15, 0.2) is 0 Å². The van der Waals surface area contributed by atoms with Crippen LogP contribution in [0.5, 0.6) is 5.75 Å². The second kappa shape index (κ2) is 15.6. The lowest BCUT2D eigenvalue weighted by atomic mass is 9.85. The van der Waals surface area contributed by atoms with E-state index < -0.39 is 0 Å². The number of anilines is 3. The Labute approximate surface area is 340 Å². The average molecular weight is 744 g/mol. The molecule has 1 aliphatic rings. The summed E-state index contributed by atoms with van der Waals surface area (Å²) in [6, 6.07) is 76.3. The molecular formula is C56H41NO. The molecule has 0 amide bonds. The molecule has 0 N–H and O–H groups in total. The SMILES string of the molecule is C1=Cc2ccccc2COc2c(ccc3ccccc23)-c2ccccc2-c2c(cccc2-c2cccc(N(c3ccccc3)c3cccc(-c4ccccc4)c3)c2)C1. The molecule has 0 aliphatic carbocycles. The summed E-state index contributed by atoms with van der Waals surface area (Å²) in [7, 11) is 0. The van der Waals surface area contributed by atoms with Crippen molar-refractivity contribution in [3.63, 3.8) is 0 Å². The molecule has 0 aromatic heterocycles. The van der Waals surface area contributed by atoms with Gasteiger partial charge in [0.1, 0.15) is 12.4 Å². The maximum atomic E-state index is 6.92. The normalized spacial score (nSPS) is 12.1. The summed E-state index contributed by atoms with van der Waals surface area (Å²) in [5.74, 6) is 0.904. The number of para-hydroxylation sites is 1. The Morgan fingerprint density at radius 2 is 1.00 bits per heavy atom. The fourth-order valence-electron chi connectivity index (χ4n) is 8.46. The molecule has 10 rings (SSSR count). The first-order valence-electron chi connectivity index (χ1n) is 20.0. The van der Waals surface area contributed by atoms with Gasteiger partial charge in [-0.15, -0.1) is 0 Å². The van der Waals surface area contributed by atoms with Gasteiger partial charge in [-0.2, -0.15) is 0 Å². The topological polar surface area (TPSA) is 12.5 Å². The van der Waals surface area contributed by atoms with Gasteiger partial charge in [-0.1, -0.05) is 182 Å². The molecular weight excluding hydrogens is 703 g/mol. The van der Waals surface area contributed by atoms with Crippen LogP contribution >= 0.6 is 0 Å². The Kier molecular flexibility index (Phi) is 9.43. The van der Waals surface area contributed by atoms with E-state index in [-0.39, 0.29) is 0 Å². The van der Waals surface area contributed by atoms with E-state index in [0.29, 0.717) is 6.61 Å². The van der Waals surface area contributed by atoms with Crippen LogP contribution in [0, 0.1) is 0 Å². The molecule has 0 saturated heterocycles. The molecule has 9 aromatic carbocycles. The van der Waals surface area contributed by atoms with Crippen molar-refractivity contribution in [2.45, 2.75) is 13.0 Å². The maximum absolute atomic E-state index is 6.92. The quantitative estimate of drug-likeness (QED) is 0.174. The van der Waals surface area contributed by atoms with Gasteiger partial charge in [-0.25, -0.2) is 0 Å². The van der Waals surface area contributed by atoms with E-state index in [1.807, 2.05) is 0 Å². The number of fused-ring (bicyclic) bond motifs is 8. The fourth-order valence-corrected chi connectivity index (χ4v) is 8.46. The first-order valence-corrected chi connectivity index (χ1v) is 20.0. The Balaban J connectivity index is 1.18. The fraction of sp³-hybridized carbons (Fsp3) is 0.0357. The number of benzene rings is 9. The van der Waals surface area contributed by atoms with Crippen molar-refractivity contribution in [1.82, 2.24) is 0 Å². The van der Waals surface area contributed by atoms with E-state index in [4.69, 9.17) is 4.74 Å². The van der Waals surface area contributed by atoms with Crippen LogP contribution in [-0.4, -0.2) is 0 Å². The molecule has 0 saturated carbocycles. The van der Waals surface area contributed by atoms with Gasteiger partial charge < -0.3 is 9.64 Å². The summed E-state index contributed by atoms with van der Waals surface area (Å²) >= 11 is 0. The third-order valence-corrected chi connectivity index (χ3v) is 11.2. The lowest BCUT2D eigenvalue weighted by Crippen LogP contribution is -2.10. The highest BCUT2D eigenvalue weighted by molar-refractivity contribution is 6.00. The van der Waals surface area contributed by atoms with Crippen LogP contribution in [-0.2, 0) is 13.0 Å². The van der Waals surface area contributed by atoms with Crippen molar-refractivity contribution >= 4 is 33.9 Å². The van der Waals surface area contributed by atoms with Crippen molar-refractivity contribution in [1.29, 1.82) is 0 Å². The van der Waals surface area contributed by atoms with E-state index in [9.17, 15) is 0 Å². The first-order chi connectivity index (χ1) is 28.8. The van der Waals surface area contributed by atoms with Crippen molar-refractivity contribution in [3.8, 4) is 50.3 Å². The van der Waals surface area contributed by atoms with Gasteiger partial charge in [0, 0.05) is 28.0 Å². The summed E-state index contributed by atoms with van der Waals surface area (Å²) in [5.41, 5.74) is 16.2. The highest BCUT2D eigenvalue weighted by Gasteiger charge is 2.21. The molecule has 0 unspecified atom stereocenters. The van der Waals surface area contributed by atoms with Crippen molar-refractivity contribution in [2.24, 2.45) is 0 Å². The van der Waals surface area contributed by atoms with Gasteiger partial charge in [0.05, 0.1) is 0 Å². The van der Waals surface area contributed by atoms with Crippen molar-refractivity contribution in [2.75, 3.05) is 4.90 Å². The standard InChI is InChI=1S/C56H41NO/c1-3-17-40(18-4-1)44-25-14-29-48(37-44)57(47-27-5-2-6-28-47)49-30-15-26-45(38-49)50-34-16-24-43-23-13-22-41-19-7-8-21-46(41)39-58-56-51-31-10-9-20-42(51)35-36-54(56)52-32-11-12-33-53(52)55(43)50/h1-22,24-38H,23,39H2. The Morgan fingerprint density at radius 1 is 0.397 bits per heavy atom. The molecule has 58 heavy (non-hydrogen) atoms. The first kappa shape index (κ1) is 35.0. The van der Waals surface area contributed by atoms with Crippen molar-refractivity contribution in [3.05, 3.63) is 235 Å². The molecule has 1 heterocycles. The number of hydrogen-bond acceptors (Lipinski definition) is 2. The summed E-state index contributed by atoms with van der Waals surface area (Å²) in [6.45, 7) is 0.473. The molecule has 2 heteroatoms. The van der Waals surface area contributed by atoms with E-state index in [1.165, 1.54) is 38.9 Å².